The Balaban J connectivity index is 1.33. The van der Waals surface area contributed by atoms with Crippen LogP contribution in [0.3, 0.4) is 0 Å². The highest BCUT2D eigenvalue weighted by Crippen LogP contribution is 2.23. The summed E-state index contributed by atoms with van der Waals surface area (Å²) in [6.45, 7) is 1.73. The Kier molecular flexibility index (Phi) is 5.12. The van der Waals surface area contributed by atoms with Crippen molar-refractivity contribution >= 4 is 21.6 Å². The van der Waals surface area contributed by atoms with E-state index in [9.17, 15) is 13.2 Å². The van der Waals surface area contributed by atoms with Gasteiger partial charge in [0.05, 0.1) is 29.0 Å². The normalized spacial score (nSPS) is 14.0. The largest absolute Gasteiger partial charge is 0.459 e. The van der Waals surface area contributed by atoms with Crippen molar-refractivity contribution in [3.63, 3.8) is 0 Å². The molecule has 1 amide bonds. The smallest absolute Gasteiger partial charge is 0.263 e. The average molecular weight is 416 g/mol. The van der Waals surface area contributed by atoms with Crippen molar-refractivity contribution in [1.29, 1.82) is 0 Å². The predicted molar refractivity (Wildman–Crippen MR) is 104 cm³/mol. The van der Waals surface area contributed by atoms with Crippen LogP contribution in [0.15, 0.2) is 56.4 Å². The lowest BCUT2D eigenvalue weighted by molar-refractivity contribution is -0.120. The van der Waals surface area contributed by atoms with E-state index in [1.807, 2.05) is 0 Å². The van der Waals surface area contributed by atoms with Gasteiger partial charge in [-0.1, -0.05) is 0 Å². The maximum Gasteiger partial charge on any atom is 0.263 e. The second-order valence-corrected chi connectivity index (χ2v) is 8.48. The van der Waals surface area contributed by atoms with Crippen LogP contribution >= 0.6 is 0 Å². The van der Waals surface area contributed by atoms with Crippen LogP contribution in [0.25, 0.3) is 11.7 Å². The second-order valence-electron chi connectivity index (χ2n) is 6.77. The number of amides is 1. The van der Waals surface area contributed by atoms with Gasteiger partial charge in [0.25, 0.3) is 5.89 Å². The summed E-state index contributed by atoms with van der Waals surface area (Å²) in [5.74, 6) is 1.02. The number of nitrogens with zero attached hydrogens (tertiary/aromatic N) is 1. The van der Waals surface area contributed by atoms with Gasteiger partial charge in [0, 0.05) is 6.04 Å². The molecule has 0 saturated heterocycles. The first kappa shape index (κ1) is 19.2. The molecule has 1 aromatic carbocycles. The lowest BCUT2D eigenvalue weighted by Gasteiger charge is -2.09. The third kappa shape index (κ3) is 4.66. The van der Waals surface area contributed by atoms with E-state index in [0.29, 0.717) is 28.8 Å². The Morgan fingerprint density at radius 1 is 1.21 bits per heavy atom. The minimum Gasteiger partial charge on any atom is -0.459 e. The number of hydrazine groups is 1. The Morgan fingerprint density at radius 3 is 2.62 bits per heavy atom. The van der Waals surface area contributed by atoms with E-state index in [-0.39, 0.29) is 23.3 Å². The summed E-state index contributed by atoms with van der Waals surface area (Å²) in [5.41, 5.74) is 6.37. The molecule has 0 unspecified atom stereocenters. The molecule has 1 aliphatic carbocycles. The molecule has 9 nitrogen and oxygen atoms in total. The van der Waals surface area contributed by atoms with Crippen LogP contribution in [0, 0.1) is 6.92 Å². The molecule has 2 aromatic heterocycles. The summed E-state index contributed by atoms with van der Waals surface area (Å²) in [6.07, 6.45) is 3.28. The summed E-state index contributed by atoms with van der Waals surface area (Å²) < 4.78 is 37.7. The zero-order valence-electron chi connectivity index (χ0n) is 15.6. The Labute approximate surface area is 167 Å². The molecule has 2 heterocycles. The molecule has 0 radical (unpaired) electrons. The molecule has 4 rings (SSSR count). The summed E-state index contributed by atoms with van der Waals surface area (Å²) in [5, 5.41) is 0. The number of aryl methyl sites for hydroxylation is 1. The molecular formula is C19H20N4O5S. The van der Waals surface area contributed by atoms with E-state index in [2.05, 4.69) is 20.6 Å². The van der Waals surface area contributed by atoms with Crippen LogP contribution in [0.5, 0.6) is 0 Å². The van der Waals surface area contributed by atoms with E-state index >= 15 is 0 Å². The van der Waals surface area contributed by atoms with E-state index in [0.717, 1.165) is 12.8 Å². The molecule has 1 aliphatic rings. The van der Waals surface area contributed by atoms with Crippen LogP contribution in [0.2, 0.25) is 0 Å². The van der Waals surface area contributed by atoms with Gasteiger partial charge < -0.3 is 8.83 Å². The van der Waals surface area contributed by atoms with Crippen molar-refractivity contribution in [3.8, 4) is 11.7 Å². The van der Waals surface area contributed by atoms with Gasteiger partial charge in [-0.3, -0.25) is 15.6 Å². The summed E-state index contributed by atoms with van der Waals surface area (Å²) >= 11 is 0. The lowest BCUT2D eigenvalue weighted by atomic mass is 10.2. The zero-order chi connectivity index (χ0) is 20.4. The second kappa shape index (κ2) is 7.72. The van der Waals surface area contributed by atoms with Gasteiger partial charge in [-0.05, 0) is 56.2 Å². The third-order valence-corrected chi connectivity index (χ3v) is 5.90. The number of hydrogen-bond donors (Lipinski definition) is 3. The van der Waals surface area contributed by atoms with Crippen molar-refractivity contribution in [2.75, 3.05) is 5.43 Å². The Bertz CT molecular complexity index is 1100. The number of carbonyl (C=O) groups excluding carboxylic acids is 1. The van der Waals surface area contributed by atoms with Crippen LogP contribution in [-0.4, -0.2) is 25.4 Å². The van der Waals surface area contributed by atoms with E-state index in [1.165, 1.54) is 18.4 Å². The van der Waals surface area contributed by atoms with Gasteiger partial charge in [0.15, 0.2) is 5.76 Å². The quantitative estimate of drug-likeness (QED) is 0.481. The number of rotatable bonds is 8. The van der Waals surface area contributed by atoms with Crippen molar-refractivity contribution < 1.29 is 22.0 Å². The van der Waals surface area contributed by atoms with Gasteiger partial charge in [0.2, 0.25) is 15.9 Å². The molecule has 0 aliphatic heterocycles. The SMILES string of the molecule is Cc1oc(-c2ccco2)nc1CC(=O)NNc1ccc(S(=O)(=O)NC2CC2)cc1. The number of hydrogen-bond acceptors (Lipinski definition) is 7. The predicted octanol–water partition coefficient (Wildman–Crippen LogP) is 2.37. The molecule has 1 saturated carbocycles. The molecule has 0 bridgehead atoms. The van der Waals surface area contributed by atoms with Crippen LogP contribution < -0.4 is 15.6 Å². The topological polar surface area (TPSA) is 126 Å². The van der Waals surface area contributed by atoms with E-state index in [4.69, 9.17) is 8.83 Å². The highest BCUT2D eigenvalue weighted by molar-refractivity contribution is 7.89. The number of anilines is 1. The fourth-order valence-electron chi connectivity index (χ4n) is 2.64. The van der Waals surface area contributed by atoms with Crippen molar-refractivity contribution in [2.45, 2.75) is 37.1 Å². The van der Waals surface area contributed by atoms with Crippen LogP contribution in [-0.2, 0) is 21.2 Å². The van der Waals surface area contributed by atoms with Crippen LogP contribution in [0.4, 0.5) is 5.69 Å². The van der Waals surface area contributed by atoms with Crippen molar-refractivity contribution in [2.24, 2.45) is 0 Å². The standard InChI is InChI=1S/C19H20N4O5S/c1-12-16(20-19(28-12)17-3-2-10-27-17)11-18(24)22-21-13-6-8-15(9-7-13)29(25,26)23-14-4-5-14/h2-3,6-10,14,21,23H,4-5,11H2,1H3,(H,22,24). The number of carbonyl (C=O) groups is 1. The molecule has 3 N–H and O–H groups in total. The third-order valence-electron chi connectivity index (χ3n) is 4.36. The number of aromatic nitrogens is 1. The minimum absolute atomic E-state index is 0.0147. The van der Waals surface area contributed by atoms with Crippen molar-refractivity contribution in [1.82, 2.24) is 15.1 Å². The molecule has 0 spiro atoms. The first-order valence-electron chi connectivity index (χ1n) is 9.08. The summed E-state index contributed by atoms with van der Waals surface area (Å²) in [6, 6.07) is 9.62. The van der Waals surface area contributed by atoms with Gasteiger partial charge in [-0.15, -0.1) is 0 Å². The van der Waals surface area contributed by atoms with Gasteiger partial charge in [-0.2, -0.15) is 0 Å². The number of furan rings is 1. The number of benzene rings is 1. The number of oxazole rings is 1. The first-order valence-corrected chi connectivity index (χ1v) is 10.6. The molecule has 1 fully saturated rings. The number of sulfonamides is 1. The van der Waals surface area contributed by atoms with Crippen LogP contribution in [0.1, 0.15) is 24.3 Å². The monoisotopic (exact) mass is 416 g/mol. The molecule has 29 heavy (non-hydrogen) atoms. The molecule has 0 atom stereocenters. The van der Waals surface area contributed by atoms with Gasteiger partial charge in [0.1, 0.15) is 5.76 Å². The van der Waals surface area contributed by atoms with E-state index < -0.39 is 10.0 Å². The van der Waals surface area contributed by atoms with Crippen molar-refractivity contribution in [3.05, 3.63) is 54.1 Å². The fraction of sp³-hybridized carbons (Fsp3) is 0.263. The molecular weight excluding hydrogens is 396 g/mol. The fourth-order valence-corrected chi connectivity index (χ4v) is 3.95. The highest BCUT2D eigenvalue weighted by atomic mass is 32.2. The maximum atomic E-state index is 12.2. The summed E-state index contributed by atoms with van der Waals surface area (Å²) in [4.78, 5) is 16.7. The van der Waals surface area contributed by atoms with Gasteiger partial charge in [-0.25, -0.2) is 18.1 Å². The molecule has 3 aromatic rings. The zero-order valence-corrected chi connectivity index (χ0v) is 16.5. The number of nitrogens with one attached hydrogen (secondary N) is 3. The highest BCUT2D eigenvalue weighted by Gasteiger charge is 2.27. The Hall–Kier alpha value is -3.11. The first-order chi connectivity index (χ1) is 13.9. The average Bonchev–Trinajstić information content (AvgIpc) is 3.17. The minimum atomic E-state index is -3.50. The molecule has 10 heteroatoms. The summed E-state index contributed by atoms with van der Waals surface area (Å²) in [7, 11) is -3.50. The maximum absolute atomic E-state index is 12.2. The van der Waals surface area contributed by atoms with E-state index in [1.54, 1.807) is 31.2 Å². The van der Waals surface area contributed by atoms with Gasteiger partial charge >= 0.3 is 0 Å². The Morgan fingerprint density at radius 2 is 1.97 bits per heavy atom. The lowest BCUT2D eigenvalue weighted by Crippen LogP contribution is -2.31. The molecule has 152 valence electrons.